The maximum Gasteiger partial charge on any atom is 0.270 e. The summed E-state index contributed by atoms with van der Waals surface area (Å²) in [6.45, 7) is 4.32. The van der Waals surface area contributed by atoms with E-state index in [-0.39, 0.29) is 17.5 Å². The standard InChI is InChI=1S/C22H27N3O4/c1-16-4-3-12-25(15-16)22(27)17-9-10-23-20(14-17)21(26)24-11-13-29-19-7-5-18(28-2)6-8-19/h5-10,14,16H,3-4,11-13,15H2,1-2H3,(H,24,26). The number of piperidine rings is 1. The van der Waals surface area contributed by atoms with Gasteiger partial charge in [0.2, 0.25) is 0 Å². The van der Waals surface area contributed by atoms with Crippen molar-refractivity contribution < 1.29 is 19.1 Å². The van der Waals surface area contributed by atoms with Gasteiger partial charge in [-0.15, -0.1) is 0 Å². The quantitative estimate of drug-likeness (QED) is 0.727. The van der Waals surface area contributed by atoms with Gasteiger partial charge in [0.15, 0.2) is 0 Å². The lowest BCUT2D eigenvalue weighted by Gasteiger charge is -2.31. The van der Waals surface area contributed by atoms with E-state index in [4.69, 9.17) is 9.47 Å². The van der Waals surface area contributed by atoms with E-state index in [9.17, 15) is 9.59 Å². The van der Waals surface area contributed by atoms with E-state index < -0.39 is 0 Å². The number of ether oxygens (including phenoxy) is 2. The topological polar surface area (TPSA) is 80.8 Å². The Labute approximate surface area is 171 Å². The van der Waals surface area contributed by atoms with Gasteiger partial charge in [-0.1, -0.05) is 6.92 Å². The first-order chi connectivity index (χ1) is 14.1. The van der Waals surface area contributed by atoms with Gasteiger partial charge in [-0.05, 0) is 55.2 Å². The van der Waals surface area contributed by atoms with Gasteiger partial charge in [0.25, 0.3) is 11.8 Å². The van der Waals surface area contributed by atoms with Crippen LogP contribution in [0.25, 0.3) is 0 Å². The minimum absolute atomic E-state index is 0.0455. The molecule has 7 nitrogen and oxygen atoms in total. The predicted molar refractivity (Wildman–Crippen MR) is 109 cm³/mol. The van der Waals surface area contributed by atoms with Crippen LogP contribution in [0.3, 0.4) is 0 Å². The Bertz CT molecular complexity index is 838. The first-order valence-electron chi connectivity index (χ1n) is 9.87. The molecule has 7 heteroatoms. The molecule has 1 aliphatic heterocycles. The Balaban J connectivity index is 1.50. The molecule has 2 aromatic rings. The minimum Gasteiger partial charge on any atom is -0.497 e. The van der Waals surface area contributed by atoms with Crippen LogP contribution in [-0.2, 0) is 0 Å². The second-order valence-electron chi connectivity index (χ2n) is 7.21. The third-order valence-electron chi connectivity index (χ3n) is 4.90. The molecule has 0 bridgehead atoms. The number of aromatic nitrogens is 1. The molecule has 1 fully saturated rings. The summed E-state index contributed by atoms with van der Waals surface area (Å²) in [4.78, 5) is 31.0. The first-order valence-corrected chi connectivity index (χ1v) is 9.87. The summed E-state index contributed by atoms with van der Waals surface area (Å²) in [5.41, 5.74) is 0.721. The Morgan fingerprint density at radius 1 is 1.21 bits per heavy atom. The SMILES string of the molecule is COc1ccc(OCCNC(=O)c2cc(C(=O)N3CCCC(C)C3)ccn2)cc1. The van der Waals surface area contributed by atoms with Gasteiger partial charge in [0.05, 0.1) is 13.7 Å². The molecule has 2 amide bonds. The van der Waals surface area contributed by atoms with Gasteiger partial charge in [-0.2, -0.15) is 0 Å². The number of hydrogen-bond donors (Lipinski definition) is 1. The number of hydrogen-bond acceptors (Lipinski definition) is 5. The molecular weight excluding hydrogens is 370 g/mol. The fraction of sp³-hybridized carbons (Fsp3) is 0.409. The van der Waals surface area contributed by atoms with Gasteiger partial charge in [0.1, 0.15) is 23.8 Å². The van der Waals surface area contributed by atoms with E-state index in [2.05, 4.69) is 17.2 Å². The number of nitrogens with one attached hydrogen (secondary N) is 1. The van der Waals surface area contributed by atoms with Crippen LogP contribution >= 0.6 is 0 Å². The molecule has 0 aliphatic carbocycles. The molecule has 1 aromatic heterocycles. The van der Waals surface area contributed by atoms with E-state index >= 15 is 0 Å². The molecule has 0 saturated carbocycles. The lowest BCUT2D eigenvalue weighted by molar-refractivity contribution is 0.0683. The van der Waals surface area contributed by atoms with E-state index in [0.717, 1.165) is 31.7 Å². The molecule has 2 heterocycles. The summed E-state index contributed by atoms with van der Waals surface area (Å²) in [5.74, 6) is 1.58. The summed E-state index contributed by atoms with van der Waals surface area (Å²) in [7, 11) is 1.61. The highest BCUT2D eigenvalue weighted by molar-refractivity contribution is 5.98. The maximum absolute atomic E-state index is 12.7. The van der Waals surface area contributed by atoms with Crippen LogP contribution in [-0.4, -0.2) is 55.0 Å². The van der Waals surface area contributed by atoms with Crippen molar-refractivity contribution in [3.8, 4) is 11.5 Å². The number of carbonyl (C=O) groups is 2. The van der Waals surface area contributed by atoms with Crippen molar-refractivity contribution in [1.29, 1.82) is 0 Å². The molecule has 1 atom stereocenters. The number of amides is 2. The molecule has 0 spiro atoms. The highest BCUT2D eigenvalue weighted by Gasteiger charge is 2.22. The highest BCUT2D eigenvalue weighted by atomic mass is 16.5. The molecule has 1 saturated heterocycles. The number of nitrogens with zero attached hydrogens (tertiary/aromatic N) is 2. The van der Waals surface area contributed by atoms with Crippen molar-refractivity contribution in [2.45, 2.75) is 19.8 Å². The third kappa shape index (κ3) is 5.70. The zero-order valence-corrected chi connectivity index (χ0v) is 16.9. The van der Waals surface area contributed by atoms with Crippen LogP contribution in [0.1, 0.15) is 40.6 Å². The predicted octanol–water partition coefficient (Wildman–Crippen LogP) is 2.77. The maximum atomic E-state index is 12.7. The molecule has 29 heavy (non-hydrogen) atoms. The Morgan fingerprint density at radius 2 is 1.97 bits per heavy atom. The number of rotatable bonds is 7. The van der Waals surface area contributed by atoms with Gasteiger partial charge in [-0.3, -0.25) is 14.6 Å². The molecular formula is C22H27N3O4. The number of pyridine rings is 1. The summed E-state index contributed by atoms with van der Waals surface area (Å²) in [5, 5.41) is 2.77. The highest BCUT2D eigenvalue weighted by Crippen LogP contribution is 2.18. The second-order valence-corrected chi connectivity index (χ2v) is 7.21. The number of likely N-dealkylation sites (tertiary alicyclic amines) is 1. The normalized spacial score (nSPS) is 16.2. The molecule has 1 unspecified atom stereocenters. The van der Waals surface area contributed by atoms with Crippen LogP contribution in [0.5, 0.6) is 11.5 Å². The molecule has 3 rings (SSSR count). The van der Waals surface area contributed by atoms with Crippen molar-refractivity contribution >= 4 is 11.8 Å². The van der Waals surface area contributed by atoms with Gasteiger partial charge >= 0.3 is 0 Å². The van der Waals surface area contributed by atoms with Gasteiger partial charge < -0.3 is 19.7 Å². The minimum atomic E-state index is -0.329. The smallest absolute Gasteiger partial charge is 0.270 e. The monoisotopic (exact) mass is 397 g/mol. The van der Waals surface area contributed by atoms with Crippen LogP contribution in [0, 0.1) is 5.92 Å². The zero-order chi connectivity index (χ0) is 20.6. The molecule has 1 N–H and O–H groups in total. The number of carbonyl (C=O) groups excluding carboxylic acids is 2. The van der Waals surface area contributed by atoms with Gasteiger partial charge in [0, 0.05) is 24.8 Å². The van der Waals surface area contributed by atoms with Crippen molar-refractivity contribution in [2.24, 2.45) is 5.92 Å². The Morgan fingerprint density at radius 3 is 2.69 bits per heavy atom. The molecule has 0 radical (unpaired) electrons. The average molecular weight is 397 g/mol. The second kappa shape index (κ2) is 9.91. The lowest BCUT2D eigenvalue weighted by Crippen LogP contribution is -2.39. The van der Waals surface area contributed by atoms with Crippen LogP contribution in [0.4, 0.5) is 0 Å². The van der Waals surface area contributed by atoms with E-state index in [1.807, 2.05) is 17.0 Å². The summed E-state index contributed by atoms with van der Waals surface area (Å²) >= 11 is 0. The van der Waals surface area contributed by atoms with Crippen LogP contribution < -0.4 is 14.8 Å². The fourth-order valence-corrected chi connectivity index (χ4v) is 3.34. The molecule has 1 aromatic carbocycles. The summed E-state index contributed by atoms with van der Waals surface area (Å²) < 4.78 is 10.7. The van der Waals surface area contributed by atoms with Gasteiger partial charge in [-0.25, -0.2) is 0 Å². The Kier molecular flexibility index (Phi) is 7.05. The molecule has 154 valence electrons. The fourth-order valence-electron chi connectivity index (χ4n) is 3.34. The first kappa shape index (κ1) is 20.6. The zero-order valence-electron chi connectivity index (χ0n) is 16.9. The average Bonchev–Trinajstić information content (AvgIpc) is 2.76. The van der Waals surface area contributed by atoms with Crippen molar-refractivity contribution in [1.82, 2.24) is 15.2 Å². The van der Waals surface area contributed by atoms with Crippen molar-refractivity contribution in [3.63, 3.8) is 0 Å². The third-order valence-corrected chi connectivity index (χ3v) is 4.90. The van der Waals surface area contributed by atoms with E-state index in [0.29, 0.717) is 30.4 Å². The van der Waals surface area contributed by atoms with Crippen LogP contribution in [0.2, 0.25) is 0 Å². The number of benzene rings is 1. The Hall–Kier alpha value is -3.09. The van der Waals surface area contributed by atoms with Crippen molar-refractivity contribution in [2.75, 3.05) is 33.4 Å². The lowest BCUT2D eigenvalue weighted by atomic mass is 9.99. The van der Waals surface area contributed by atoms with E-state index in [1.54, 1.807) is 31.4 Å². The summed E-state index contributed by atoms with van der Waals surface area (Å²) in [6, 6.07) is 10.4. The molecule has 1 aliphatic rings. The van der Waals surface area contributed by atoms with Crippen LogP contribution in [0.15, 0.2) is 42.6 Å². The van der Waals surface area contributed by atoms with E-state index in [1.165, 1.54) is 6.20 Å². The number of methoxy groups -OCH3 is 1. The largest absolute Gasteiger partial charge is 0.497 e. The summed E-state index contributed by atoms with van der Waals surface area (Å²) in [6.07, 6.45) is 3.66. The van der Waals surface area contributed by atoms with Crippen molar-refractivity contribution in [3.05, 3.63) is 53.9 Å².